The van der Waals surface area contributed by atoms with Crippen molar-refractivity contribution in [3.8, 4) is 0 Å². The smallest absolute Gasteiger partial charge is 0.193 e. The molecular weight excluding hydrogens is 403 g/mol. The molecule has 120 valence electrons. The molecule has 2 heterocycles. The fourth-order valence-corrected chi connectivity index (χ4v) is 2.25. The average Bonchev–Trinajstić information content (AvgIpc) is 2.91. The highest BCUT2D eigenvalue weighted by Gasteiger charge is 2.03. The lowest BCUT2D eigenvalue weighted by molar-refractivity contribution is 0.847. The Morgan fingerprint density at radius 1 is 1.22 bits per heavy atom. The fraction of sp³-hybridized carbons (Fsp3) is 0.188. The molecule has 0 spiro atoms. The van der Waals surface area contributed by atoms with Crippen molar-refractivity contribution in [2.75, 3.05) is 11.9 Å². The van der Waals surface area contributed by atoms with Gasteiger partial charge in [0.25, 0.3) is 0 Å². The molecule has 6 nitrogen and oxygen atoms in total. The van der Waals surface area contributed by atoms with Gasteiger partial charge in [-0.1, -0.05) is 18.2 Å². The molecule has 0 amide bonds. The minimum Gasteiger partial charge on any atom is -0.370 e. The van der Waals surface area contributed by atoms with Crippen molar-refractivity contribution in [2.45, 2.75) is 13.3 Å². The standard InChI is InChI=1S/C16H18N6.HI/c1-12-5-4-6-13(11-12)19-16(17)18-9-8-15-21-20-14-7-2-3-10-22(14)15;/h2-7,10-11H,8-9H2,1H3,(H3,17,18,19);1H. The van der Waals surface area contributed by atoms with Gasteiger partial charge in [0.15, 0.2) is 11.6 Å². The second-order valence-corrected chi connectivity index (χ2v) is 5.06. The highest BCUT2D eigenvalue weighted by molar-refractivity contribution is 14.0. The van der Waals surface area contributed by atoms with Gasteiger partial charge in [0.2, 0.25) is 0 Å². The Hall–Kier alpha value is -2.16. The molecule has 0 fully saturated rings. The van der Waals surface area contributed by atoms with E-state index in [0.29, 0.717) is 18.9 Å². The van der Waals surface area contributed by atoms with Crippen molar-refractivity contribution in [2.24, 2.45) is 10.7 Å². The largest absolute Gasteiger partial charge is 0.370 e. The van der Waals surface area contributed by atoms with Crippen LogP contribution < -0.4 is 11.1 Å². The van der Waals surface area contributed by atoms with E-state index in [0.717, 1.165) is 17.2 Å². The number of hydrogen-bond acceptors (Lipinski definition) is 3. The van der Waals surface area contributed by atoms with E-state index >= 15 is 0 Å². The van der Waals surface area contributed by atoms with E-state index in [1.165, 1.54) is 5.56 Å². The predicted molar refractivity (Wildman–Crippen MR) is 103 cm³/mol. The maximum atomic E-state index is 5.90. The number of aliphatic imine (C=N–C) groups is 1. The highest BCUT2D eigenvalue weighted by Crippen LogP contribution is 2.09. The van der Waals surface area contributed by atoms with Crippen LogP contribution in [0.3, 0.4) is 0 Å². The lowest BCUT2D eigenvalue weighted by Gasteiger charge is -2.06. The topological polar surface area (TPSA) is 80.6 Å². The minimum atomic E-state index is 0. The van der Waals surface area contributed by atoms with Gasteiger partial charge in [-0.3, -0.25) is 9.39 Å². The third-order valence-corrected chi connectivity index (χ3v) is 3.29. The Balaban J connectivity index is 0.00000192. The van der Waals surface area contributed by atoms with Gasteiger partial charge in [0.1, 0.15) is 5.82 Å². The molecule has 0 bridgehead atoms. The minimum absolute atomic E-state index is 0. The molecule has 1 aromatic carbocycles. The van der Waals surface area contributed by atoms with E-state index < -0.39 is 0 Å². The van der Waals surface area contributed by atoms with E-state index in [4.69, 9.17) is 5.73 Å². The van der Waals surface area contributed by atoms with E-state index in [2.05, 4.69) is 20.5 Å². The van der Waals surface area contributed by atoms with E-state index in [9.17, 15) is 0 Å². The van der Waals surface area contributed by atoms with Gasteiger partial charge in [-0.15, -0.1) is 34.2 Å². The molecule has 3 aromatic rings. The van der Waals surface area contributed by atoms with Crippen LogP contribution in [0.4, 0.5) is 5.69 Å². The quantitative estimate of drug-likeness (QED) is 0.385. The maximum Gasteiger partial charge on any atom is 0.193 e. The summed E-state index contributed by atoms with van der Waals surface area (Å²) >= 11 is 0. The summed E-state index contributed by atoms with van der Waals surface area (Å²) in [4.78, 5) is 4.33. The van der Waals surface area contributed by atoms with Crippen LogP contribution in [-0.4, -0.2) is 27.1 Å². The number of nitrogens with one attached hydrogen (secondary N) is 1. The molecule has 23 heavy (non-hydrogen) atoms. The molecule has 3 N–H and O–H groups in total. The van der Waals surface area contributed by atoms with Crippen LogP contribution in [0.25, 0.3) is 5.65 Å². The van der Waals surface area contributed by atoms with Gasteiger partial charge in [0.05, 0.1) is 0 Å². The second kappa shape index (κ2) is 7.91. The predicted octanol–water partition coefficient (Wildman–Crippen LogP) is 2.63. The van der Waals surface area contributed by atoms with Crippen molar-refractivity contribution in [3.63, 3.8) is 0 Å². The van der Waals surface area contributed by atoms with Crippen LogP contribution in [0.5, 0.6) is 0 Å². The molecule has 0 unspecified atom stereocenters. The van der Waals surface area contributed by atoms with Crippen LogP contribution >= 0.6 is 24.0 Å². The number of halogens is 1. The number of hydrogen-bond donors (Lipinski definition) is 2. The molecule has 0 radical (unpaired) electrons. The number of rotatable bonds is 4. The Kier molecular flexibility index (Phi) is 5.91. The van der Waals surface area contributed by atoms with Crippen LogP contribution in [0.1, 0.15) is 11.4 Å². The lowest BCUT2D eigenvalue weighted by atomic mass is 10.2. The first-order valence-electron chi connectivity index (χ1n) is 7.14. The molecule has 0 atom stereocenters. The summed E-state index contributed by atoms with van der Waals surface area (Å²) in [6.07, 6.45) is 2.63. The first kappa shape index (κ1) is 17.2. The lowest BCUT2D eigenvalue weighted by Crippen LogP contribution is -2.23. The van der Waals surface area contributed by atoms with Gasteiger partial charge in [-0.2, -0.15) is 0 Å². The molecule has 0 saturated heterocycles. The summed E-state index contributed by atoms with van der Waals surface area (Å²) in [5.41, 5.74) is 8.86. The monoisotopic (exact) mass is 422 g/mol. The summed E-state index contributed by atoms with van der Waals surface area (Å²) in [6.45, 7) is 2.59. The normalized spacial score (nSPS) is 11.3. The van der Waals surface area contributed by atoms with Gasteiger partial charge in [-0.25, -0.2) is 0 Å². The summed E-state index contributed by atoms with van der Waals surface area (Å²) in [5.74, 6) is 1.28. The van der Waals surface area contributed by atoms with Crippen LogP contribution in [0.2, 0.25) is 0 Å². The van der Waals surface area contributed by atoms with Crippen LogP contribution in [-0.2, 0) is 6.42 Å². The molecule has 0 aliphatic heterocycles. The van der Waals surface area contributed by atoms with Gasteiger partial charge in [0, 0.05) is 24.8 Å². The number of nitrogens with zero attached hydrogens (tertiary/aromatic N) is 4. The highest BCUT2D eigenvalue weighted by atomic mass is 127. The van der Waals surface area contributed by atoms with E-state index in [-0.39, 0.29) is 24.0 Å². The first-order valence-corrected chi connectivity index (χ1v) is 7.14. The molecule has 7 heteroatoms. The van der Waals surface area contributed by atoms with E-state index in [1.54, 1.807) is 0 Å². The zero-order valence-electron chi connectivity index (χ0n) is 12.8. The first-order chi connectivity index (χ1) is 10.7. The number of benzene rings is 1. The van der Waals surface area contributed by atoms with Gasteiger partial charge < -0.3 is 11.1 Å². The number of aryl methyl sites for hydroxylation is 1. The molecular formula is C16H19IN6. The third kappa shape index (κ3) is 4.41. The van der Waals surface area contributed by atoms with Crippen molar-refractivity contribution < 1.29 is 0 Å². The number of aromatic nitrogens is 3. The summed E-state index contributed by atoms with van der Waals surface area (Å²) in [5, 5.41) is 11.4. The Labute approximate surface area is 151 Å². The van der Waals surface area contributed by atoms with Gasteiger partial charge >= 0.3 is 0 Å². The van der Waals surface area contributed by atoms with E-state index in [1.807, 2.05) is 60.0 Å². The number of anilines is 1. The van der Waals surface area contributed by atoms with Crippen LogP contribution in [0, 0.1) is 6.92 Å². The zero-order chi connectivity index (χ0) is 15.4. The summed E-state index contributed by atoms with van der Waals surface area (Å²) in [7, 11) is 0. The fourth-order valence-electron chi connectivity index (χ4n) is 2.25. The van der Waals surface area contributed by atoms with Crippen molar-refractivity contribution in [1.29, 1.82) is 0 Å². The Bertz CT molecular complexity index is 811. The number of fused-ring (bicyclic) bond motifs is 1. The Morgan fingerprint density at radius 2 is 2.09 bits per heavy atom. The van der Waals surface area contributed by atoms with Crippen LogP contribution in [0.15, 0.2) is 53.7 Å². The zero-order valence-corrected chi connectivity index (χ0v) is 15.1. The number of guanidine groups is 1. The SMILES string of the molecule is Cc1cccc(NC(N)=NCCc2nnc3ccccn23)c1.I. The van der Waals surface area contributed by atoms with Crippen molar-refractivity contribution >= 4 is 41.3 Å². The van der Waals surface area contributed by atoms with Crippen molar-refractivity contribution in [3.05, 3.63) is 60.0 Å². The third-order valence-electron chi connectivity index (χ3n) is 3.29. The molecule has 0 aliphatic carbocycles. The second-order valence-electron chi connectivity index (χ2n) is 5.06. The van der Waals surface area contributed by atoms with Gasteiger partial charge in [-0.05, 0) is 36.8 Å². The number of pyridine rings is 1. The molecule has 0 aliphatic rings. The molecule has 0 saturated carbocycles. The molecule has 3 rings (SSSR count). The van der Waals surface area contributed by atoms with Crippen molar-refractivity contribution in [1.82, 2.24) is 14.6 Å². The molecule has 2 aromatic heterocycles. The summed E-state index contributed by atoms with van der Waals surface area (Å²) in [6, 6.07) is 13.8. The number of nitrogens with two attached hydrogens (primary N) is 1. The maximum absolute atomic E-state index is 5.90. The average molecular weight is 422 g/mol. The summed E-state index contributed by atoms with van der Waals surface area (Å²) < 4.78 is 1.96. The Morgan fingerprint density at radius 3 is 2.91 bits per heavy atom.